The number of aromatic nitrogens is 3. The predicted octanol–water partition coefficient (Wildman–Crippen LogP) is 2.93. The molecule has 0 bridgehead atoms. The second-order valence-corrected chi connectivity index (χ2v) is 8.23. The molecular formula is C18H27N5OS. The highest BCUT2D eigenvalue weighted by Crippen LogP contribution is 2.37. The first-order chi connectivity index (χ1) is 12.2. The number of morpholine rings is 1. The quantitative estimate of drug-likeness (QED) is 0.799. The zero-order chi connectivity index (χ0) is 17.2. The summed E-state index contributed by atoms with van der Waals surface area (Å²) in [5.74, 6) is 3.08. The molecule has 4 rings (SSSR count). The number of nitrogens with zero attached hydrogens (tertiary/aromatic N) is 4. The summed E-state index contributed by atoms with van der Waals surface area (Å²) in [5.41, 5.74) is 0.918. The van der Waals surface area contributed by atoms with Crippen LogP contribution in [0.2, 0.25) is 0 Å². The Balaban J connectivity index is 1.27. The number of anilines is 1. The molecule has 2 aromatic rings. The molecule has 7 heteroatoms. The summed E-state index contributed by atoms with van der Waals surface area (Å²) < 4.78 is 8.26. The van der Waals surface area contributed by atoms with E-state index in [0.29, 0.717) is 12.1 Å². The Morgan fingerprint density at radius 1 is 1.40 bits per heavy atom. The molecule has 0 aromatic carbocycles. The van der Waals surface area contributed by atoms with Crippen molar-refractivity contribution in [2.75, 3.05) is 37.4 Å². The molecule has 1 aliphatic carbocycles. The highest BCUT2D eigenvalue weighted by Gasteiger charge is 2.34. The molecule has 1 aliphatic heterocycles. The van der Waals surface area contributed by atoms with Crippen LogP contribution in [0.15, 0.2) is 18.6 Å². The van der Waals surface area contributed by atoms with Crippen molar-refractivity contribution in [2.45, 2.75) is 38.3 Å². The predicted molar refractivity (Wildman–Crippen MR) is 103 cm³/mol. The largest absolute Gasteiger partial charge is 0.375 e. The van der Waals surface area contributed by atoms with Gasteiger partial charge in [-0.15, -0.1) is 0 Å². The fraction of sp³-hybridized carbons (Fsp3) is 0.667. The molecule has 0 radical (unpaired) electrons. The number of nitrogens with one attached hydrogen (secondary N) is 1. The van der Waals surface area contributed by atoms with Gasteiger partial charge in [0.15, 0.2) is 0 Å². The molecule has 1 unspecified atom stereocenters. The Hall–Kier alpha value is -1.31. The summed E-state index contributed by atoms with van der Waals surface area (Å²) in [6.07, 6.45) is 7.62. The van der Waals surface area contributed by atoms with Crippen molar-refractivity contribution < 1.29 is 4.74 Å². The summed E-state index contributed by atoms with van der Waals surface area (Å²) >= 11 is 2.02. The van der Waals surface area contributed by atoms with Crippen LogP contribution in [0.1, 0.15) is 26.2 Å². The average Bonchev–Trinajstić information content (AvgIpc) is 3.09. The van der Waals surface area contributed by atoms with Crippen LogP contribution in [0.5, 0.6) is 0 Å². The van der Waals surface area contributed by atoms with Crippen LogP contribution >= 0.6 is 11.9 Å². The standard InChI is InChI=1S/C18H27N5OS/c1-3-15-10-23(6-7-24-15)25-11-13-8-14(9-13)22(2)18-16-4-5-19-17(16)20-12-21-18/h4-5,12-15H,3,6-11H2,1-2H3,(H,19,20,21). The third-order valence-electron chi connectivity index (χ3n) is 5.48. The normalized spacial score (nSPS) is 27.4. The van der Waals surface area contributed by atoms with E-state index in [9.17, 15) is 0 Å². The maximum Gasteiger partial charge on any atom is 0.142 e. The fourth-order valence-electron chi connectivity index (χ4n) is 3.73. The van der Waals surface area contributed by atoms with Crippen molar-refractivity contribution in [1.82, 2.24) is 19.3 Å². The lowest BCUT2D eigenvalue weighted by Crippen LogP contribution is -2.45. The number of H-pyrrole nitrogens is 1. The molecule has 2 fully saturated rings. The molecular weight excluding hydrogens is 334 g/mol. The van der Waals surface area contributed by atoms with E-state index in [1.165, 1.54) is 18.6 Å². The lowest BCUT2D eigenvalue weighted by Gasteiger charge is -2.42. The Labute approximate surface area is 153 Å². The molecule has 2 aromatic heterocycles. The second-order valence-electron chi connectivity index (χ2n) is 7.12. The second kappa shape index (κ2) is 7.51. The number of rotatable bonds is 6. The number of fused-ring (bicyclic) bond motifs is 1. The van der Waals surface area contributed by atoms with Crippen LogP contribution < -0.4 is 4.90 Å². The van der Waals surface area contributed by atoms with Gasteiger partial charge in [0.05, 0.1) is 18.1 Å². The molecule has 0 amide bonds. The zero-order valence-electron chi connectivity index (χ0n) is 15.0. The van der Waals surface area contributed by atoms with Gasteiger partial charge in [0.1, 0.15) is 17.8 Å². The number of hydrogen-bond donors (Lipinski definition) is 1. The maximum atomic E-state index is 5.75. The van der Waals surface area contributed by atoms with E-state index < -0.39 is 0 Å². The minimum Gasteiger partial charge on any atom is -0.375 e. The van der Waals surface area contributed by atoms with Gasteiger partial charge in [0.2, 0.25) is 0 Å². The van der Waals surface area contributed by atoms with Crippen LogP contribution in [0.3, 0.4) is 0 Å². The van der Waals surface area contributed by atoms with Gasteiger partial charge in [-0.3, -0.25) is 0 Å². The van der Waals surface area contributed by atoms with Crippen molar-refractivity contribution >= 4 is 28.8 Å². The topological polar surface area (TPSA) is 57.3 Å². The van der Waals surface area contributed by atoms with Gasteiger partial charge in [-0.1, -0.05) is 18.9 Å². The van der Waals surface area contributed by atoms with Crippen molar-refractivity contribution in [3.8, 4) is 0 Å². The van der Waals surface area contributed by atoms with Crippen LogP contribution in [0, 0.1) is 5.92 Å². The van der Waals surface area contributed by atoms with Crippen LogP contribution in [0.25, 0.3) is 11.0 Å². The zero-order valence-corrected chi connectivity index (χ0v) is 15.8. The van der Waals surface area contributed by atoms with E-state index in [0.717, 1.165) is 48.9 Å². The smallest absolute Gasteiger partial charge is 0.142 e. The Kier molecular flexibility index (Phi) is 5.15. The van der Waals surface area contributed by atoms with E-state index in [1.54, 1.807) is 6.33 Å². The number of ether oxygens (including phenoxy) is 1. The van der Waals surface area contributed by atoms with Crippen molar-refractivity contribution in [1.29, 1.82) is 0 Å². The summed E-state index contributed by atoms with van der Waals surface area (Å²) in [7, 11) is 2.16. The third-order valence-corrected chi connectivity index (χ3v) is 6.79. The third kappa shape index (κ3) is 3.64. The van der Waals surface area contributed by atoms with E-state index >= 15 is 0 Å². The first-order valence-electron chi connectivity index (χ1n) is 9.25. The summed E-state index contributed by atoms with van der Waals surface area (Å²) in [4.78, 5) is 14.3. The summed E-state index contributed by atoms with van der Waals surface area (Å²) in [6, 6.07) is 2.65. The molecule has 1 atom stereocenters. The van der Waals surface area contributed by atoms with E-state index in [2.05, 4.69) is 44.2 Å². The molecule has 0 spiro atoms. The minimum absolute atomic E-state index is 0.419. The van der Waals surface area contributed by atoms with Crippen LogP contribution in [-0.4, -0.2) is 63.9 Å². The van der Waals surface area contributed by atoms with Crippen LogP contribution in [-0.2, 0) is 4.74 Å². The van der Waals surface area contributed by atoms with E-state index in [-0.39, 0.29) is 0 Å². The lowest BCUT2D eigenvalue weighted by molar-refractivity contribution is 0.000146. The van der Waals surface area contributed by atoms with Crippen LogP contribution in [0.4, 0.5) is 5.82 Å². The van der Waals surface area contributed by atoms with Gasteiger partial charge in [0, 0.05) is 38.1 Å². The minimum atomic E-state index is 0.419. The highest BCUT2D eigenvalue weighted by atomic mass is 32.2. The first-order valence-corrected chi connectivity index (χ1v) is 10.2. The van der Waals surface area contributed by atoms with Crippen molar-refractivity contribution in [3.05, 3.63) is 18.6 Å². The van der Waals surface area contributed by atoms with Crippen molar-refractivity contribution in [3.63, 3.8) is 0 Å². The van der Waals surface area contributed by atoms with E-state index in [1.807, 2.05) is 18.1 Å². The molecule has 136 valence electrons. The summed E-state index contributed by atoms with van der Waals surface area (Å²) in [6.45, 7) is 5.22. The SMILES string of the molecule is CCC1CN(SCC2CC(N(C)c3ncnc4[nH]ccc34)C2)CCO1. The molecule has 25 heavy (non-hydrogen) atoms. The molecule has 1 N–H and O–H groups in total. The van der Waals surface area contributed by atoms with Gasteiger partial charge in [-0.25, -0.2) is 14.3 Å². The van der Waals surface area contributed by atoms with Gasteiger partial charge < -0.3 is 14.6 Å². The molecule has 1 saturated carbocycles. The van der Waals surface area contributed by atoms with Gasteiger partial charge in [0.25, 0.3) is 0 Å². The van der Waals surface area contributed by atoms with Crippen molar-refractivity contribution in [2.24, 2.45) is 5.92 Å². The molecule has 6 nitrogen and oxygen atoms in total. The fourth-order valence-corrected chi connectivity index (χ4v) is 4.90. The molecule has 3 heterocycles. The molecule has 1 saturated heterocycles. The average molecular weight is 362 g/mol. The van der Waals surface area contributed by atoms with E-state index in [4.69, 9.17) is 4.74 Å². The number of aromatic amines is 1. The number of hydrogen-bond acceptors (Lipinski definition) is 6. The molecule has 2 aliphatic rings. The van der Waals surface area contributed by atoms with Gasteiger partial charge in [-0.2, -0.15) is 0 Å². The Bertz CT molecular complexity index is 702. The highest BCUT2D eigenvalue weighted by molar-refractivity contribution is 7.97. The van der Waals surface area contributed by atoms with Gasteiger partial charge >= 0.3 is 0 Å². The monoisotopic (exact) mass is 361 g/mol. The lowest BCUT2D eigenvalue weighted by atomic mass is 9.81. The Morgan fingerprint density at radius 2 is 2.28 bits per heavy atom. The van der Waals surface area contributed by atoms with Gasteiger partial charge in [-0.05, 0) is 31.2 Å². The Morgan fingerprint density at radius 3 is 3.12 bits per heavy atom. The maximum absolute atomic E-state index is 5.75. The first kappa shape index (κ1) is 17.1. The summed E-state index contributed by atoms with van der Waals surface area (Å²) in [5, 5.41) is 1.11.